The Morgan fingerprint density at radius 1 is 1.27 bits per heavy atom. The Hall–Kier alpha value is -2.75. The highest BCUT2D eigenvalue weighted by Gasteiger charge is 2.32. The quantitative estimate of drug-likeness (QED) is 0.743. The van der Waals surface area contributed by atoms with Gasteiger partial charge in [-0.15, -0.1) is 11.8 Å². The number of rotatable bonds is 4. The van der Waals surface area contributed by atoms with Crippen molar-refractivity contribution in [2.24, 2.45) is 0 Å². The van der Waals surface area contributed by atoms with Gasteiger partial charge in [0.05, 0.1) is 17.0 Å². The fraction of sp³-hybridized carbons (Fsp3) is 0.200. The Kier molecular flexibility index (Phi) is 4.41. The van der Waals surface area contributed by atoms with Crippen molar-refractivity contribution >= 4 is 28.6 Å². The van der Waals surface area contributed by atoms with Crippen LogP contribution in [0, 0.1) is 11.3 Å². The zero-order valence-corrected chi connectivity index (χ0v) is 14.7. The number of nitrogens with zero attached hydrogens (tertiary/aromatic N) is 2. The smallest absolute Gasteiger partial charge is 0.321 e. The molecule has 4 rings (SSSR count). The number of carbonyl (C=O) groups is 1. The standard InChI is InChI=1S/C20H17N3O2S/c21-9-13-5-1-2-6-14(13)10-23-11-16(15-7-3-4-8-18(15)23)19-22-17(12-26-19)20(24)25/h1-8,11,17,19,22H,10,12H2,(H,24,25)/t17-,19+/m0/s1. The molecule has 6 heteroatoms. The Morgan fingerprint density at radius 2 is 2.04 bits per heavy atom. The second-order valence-corrected chi connectivity index (χ2v) is 7.41. The van der Waals surface area contributed by atoms with Crippen LogP contribution in [-0.2, 0) is 11.3 Å². The van der Waals surface area contributed by atoms with Gasteiger partial charge < -0.3 is 9.67 Å². The van der Waals surface area contributed by atoms with Gasteiger partial charge in [0, 0.05) is 35.0 Å². The molecule has 130 valence electrons. The molecule has 0 saturated carbocycles. The zero-order valence-electron chi connectivity index (χ0n) is 13.9. The topological polar surface area (TPSA) is 78.0 Å². The molecule has 1 fully saturated rings. The van der Waals surface area contributed by atoms with E-state index in [1.54, 1.807) is 11.8 Å². The van der Waals surface area contributed by atoms with E-state index >= 15 is 0 Å². The van der Waals surface area contributed by atoms with Crippen LogP contribution in [-0.4, -0.2) is 27.4 Å². The lowest BCUT2D eigenvalue weighted by Gasteiger charge is -2.10. The largest absolute Gasteiger partial charge is 0.480 e. The molecule has 2 heterocycles. The van der Waals surface area contributed by atoms with E-state index in [0.717, 1.165) is 22.0 Å². The van der Waals surface area contributed by atoms with Gasteiger partial charge in [-0.2, -0.15) is 5.26 Å². The molecule has 0 bridgehead atoms. The van der Waals surface area contributed by atoms with Crippen LogP contribution in [0.1, 0.15) is 22.1 Å². The van der Waals surface area contributed by atoms with Crippen LogP contribution in [0.15, 0.2) is 54.7 Å². The van der Waals surface area contributed by atoms with Crippen LogP contribution in [0.5, 0.6) is 0 Å². The molecule has 1 saturated heterocycles. The number of nitriles is 1. The van der Waals surface area contributed by atoms with Crippen molar-refractivity contribution in [2.45, 2.75) is 18.0 Å². The number of nitrogens with one attached hydrogen (secondary N) is 1. The second-order valence-electron chi connectivity index (χ2n) is 6.27. The number of thioether (sulfide) groups is 1. The predicted molar refractivity (Wildman–Crippen MR) is 102 cm³/mol. The van der Waals surface area contributed by atoms with Gasteiger partial charge in [0.25, 0.3) is 0 Å². The first-order valence-electron chi connectivity index (χ1n) is 8.33. The number of carboxylic acids is 1. The molecule has 2 aromatic carbocycles. The van der Waals surface area contributed by atoms with Crippen molar-refractivity contribution in [2.75, 3.05) is 5.75 Å². The Bertz CT molecular complexity index is 1020. The first-order valence-corrected chi connectivity index (χ1v) is 9.38. The number of benzene rings is 2. The molecule has 0 unspecified atom stereocenters. The predicted octanol–water partition coefficient (Wildman–Crippen LogP) is 3.35. The maximum Gasteiger partial charge on any atom is 0.321 e. The molecule has 0 radical (unpaired) electrons. The number of para-hydroxylation sites is 1. The van der Waals surface area contributed by atoms with Crippen LogP contribution in [0.25, 0.3) is 10.9 Å². The second kappa shape index (κ2) is 6.87. The minimum absolute atomic E-state index is 0.0477. The number of aliphatic carboxylic acids is 1. The van der Waals surface area contributed by atoms with Crippen LogP contribution < -0.4 is 5.32 Å². The summed E-state index contributed by atoms with van der Waals surface area (Å²) in [4.78, 5) is 11.2. The van der Waals surface area contributed by atoms with Crippen molar-refractivity contribution in [3.8, 4) is 6.07 Å². The molecule has 0 amide bonds. The summed E-state index contributed by atoms with van der Waals surface area (Å²) in [6.07, 6.45) is 2.08. The Balaban J connectivity index is 1.73. The van der Waals surface area contributed by atoms with Crippen molar-refractivity contribution in [3.63, 3.8) is 0 Å². The van der Waals surface area contributed by atoms with E-state index in [-0.39, 0.29) is 5.37 Å². The minimum Gasteiger partial charge on any atom is -0.480 e. The van der Waals surface area contributed by atoms with E-state index in [2.05, 4.69) is 34.3 Å². The van der Waals surface area contributed by atoms with Gasteiger partial charge in [-0.1, -0.05) is 36.4 Å². The van der Waals surface area contributed by atoms with E-state index in [1.165, 1.54) is 0 Å². The number of hydrogen-bond donors (Lipinski definition) is 2. The summed E-state index contributed by atoms with van der Waals surface area (Å²) < 4.78 is 2.14. The first kappa shape index (κ1) is 16.7. The van der Waals surface area contributed by atoms with Crippen molar-refractivity contribution < 1.29 is 9.90 Å². The summed E-state index contributed by atoms with van der Waals surface area (Å²) in [7, 11) is 0. The van der Waals surface area contributed by atoms with Gasteiger partial charge >= 0.3 is 5.97 Å². The van der Waals surface area contributed by atoms with Gasteiger partial charge in [-0.25, -0.2) is 0 Å². The molecule has 5 nitrogen and oxygen atoms in total. The summed E-state index contributed by atoms with van der Waals surface area (Å²) in [6.45, 7) is 0.601. The molecular formula is C20H17N3O2S. The van der Waals surface area contributed by atoms with Crippen molar-refractivity contribution in [1.29, 1.82) is 5.26 Å². The van der Waals surface area contributed by atoms with Gasteiger partial charge in [-0.3, -0.25) is 10.1 Å². The molecule has 2 N–H and O–H groups in total. The molecule has 3 aromatic rings. The molecule has 0 aliphatic carbocycles. The lowest BCUT2D eigenvalue weighted by Crippen LogP contribution is -2.33. The fourth-order valence-corrected chi connectivity index (χ4v) is 4.61. The fourth-order valence-electron chi connectivity index (χ4n) is 3.36. The van der Waals surface area contributed by atoms with Crippen molar-refractivity contribution in [1.82, 2.24) is 9.88 Å². The lowest BCUT2D eigenvalue weighted by atomic mass is 10.1. The Morgan fingerprint density at radius 3 is 2.81 bits per heavy atom. The zero-order chi connectivity index (χ0) is 18.1. The molecule has 26 heavy (non-hydrogen) atoms. The number of carboxylic acid groups (broad SMARTS) is 1. The van der Waals surface area contributed by atoms with Gasteiger partial charge in [0.2, 0.25) is 0 Å². The summed E-state index contributed by atoms with van der Waals surface area (Å²) in [5.74, 6) is -0.261. The third kappa shape index (κ3) is 2.96. The van der Waals surface area contributed by atoms with Crippen LogP contribution in [0.3, 0.4) is 0 Å². The van der Waals surface area contributed by atoms with Gasteiger partial charge in [0.1, 0.15) is 6.04 Å². The Labute approximate surface area is 155 Å². The van der Waals surface area contributed by atoms with E-state index in [0.29, 0.717) is 17.9 Å². The van der Waals surface area contributed by atoms with E-state index in [4.69, 9.17) is 0 Å². The third-order valence-corrected chi connectivity index (χ3v) is 5.91. The molecule has 1 aromatic heterocycles. The van der Waals surface area contributed by atoms with Crippen molar-refractivity contribution in [3.05, 3.63) is 71.4 Å². The molecule has 2 atom stereocenters. The number of aromatic nitrogens is 1. The SMILES string of the molecule is N#Cc1ccccc1Cn1cc([C@@H]2N[C@H](C(=O)O)CS2)c2ccccc21. The number of hydrogen-bond acceptors (Lipinski definition) is 4. The molecular weight excluding hydrogens is 346 g/mol. The number of fused-ring (bicyclic) bond motifs is 1. The molecule has 0 spiro atoms. The monoisotopic (exact) mass is 363 g/mol. The van der Waals surface area contributed by atoms with E-state index < -0.39 is 12.0 Å². The average molecular weight is 363 g/mol. The lowest BCUT2D eigenvalue weighted by molar-refractivity contribution is -0.138. The molecule has 1 aliphatic rings. The first-order chi connectivity index (χ1) is 12.7. The summed E-state index contributed by atoms with van der Waals surface area (Å²) in [6, 6.07) is 17.4. The summed E-state index contributed by atoms with van der Waals surface area (Å²) >= 11 is 1.62. The average Bonchev–Trinajstić information content (AvgIpc) is 3.28. The highest BCUT2D eigenvalue weighted by Crippen LogP contribution is 2.37. The van der Waals surface area contributed by atoms with Crippen LogP contribution in [0.4, 0.5) is 0 Å². The maximum absolute atomic E-state index is 11.2. The highest BCUT2D eigenvalue weighted by atomic mass is 32.2. The van der Waals surface area contributed by atoms with Gasteiger partial charge in [0.15, 0.2) is 0 Å². The summed E-state index contributed by atoms with van der Waals surface area (Å²) in [5, 5.41) is 22.8. The van der Waals surface area contributed by atoms with Gasteiger partial charge in [-0.05, 0) is 17.7 Å². The third-order valence-electron chi connectivity index (χ3n) is 4.66. The highest BCUT2D eigenvalue weighted by molar-refractivity contribution is 7.99. The van der Waals surface area contributed by atoms with Crippen LogP contribution in [0.2, 0.25) is 0 Å². The van der Waals surface area contributed by atoms with Crippen LogP contribution >= 0.6 is 11.8 Å². The minimum atomic E-state index is -0.813. The van der Waals surface area contributed by atoms with E-state index in [9.17, 15) is 15.2 Å². The molecule has 1 aliphatic heterocycles. The van der Waals surface area contributed by atoms with E-state index in [1.807, 2.05) is 36.4 Å². The maximum atomic E-state index is 11.2. The summed E-state index contributed by atoms with van der Waals surface area (Å²) in [5.41, 5.74) is 3.81. The normalized spacial score (nSPS) is 19.5.